The summed E-state index contributed by atoms with van der Waals surface area (Å²) >= 11 is 6.06. The van der Waals surface area contributed by atoms with Crippen molar-refractivity contribution < 1.29 is 0 Å². The van der Waals surface area contributed by atoms with E-state index in [0.29, 0.717) is 0 Å². The van der Waals surface area contributed by atoms with Crippen molar-refractivity contribution in [3.63, 3.8) is 0 Å². The minimum absolute atomic E-state index is 0.122. The molecule has 0 bridgehead atoms. The molecule has 2 N–H and O–H groups in total. The molecule has 94 valence electrons. The summed E-state index contributed by atoms with van der Waals surface area (Å²) in [5.74, 6) is 0. The second-order valence-corrected chi connectivity index (χ2v) is 5.20. The number of rotatable bonds is 2. The molecule has 2 heteroatoms. The highest BCUT2D eigenvalue weighted by Crippen LogP contribution is 2.28. The molecule has 0 radical (unpaired) electrons. The SMILES string of the molecule is Cc1ccc(Cl)cc1C(N)c1cccc(C)c1C. The average Bonchev–Trinajstić information content (AvgIpc) is 2.35. The molecule has 1 nitrogen and oxygen atoms in total. The third-order valence-corrected chi connectivity index (χ3v) is 3.79. The van der Waals surface area contributed by atoms with Crippen LogP contribution in [0.4, 0.5) is 0 Å². The lowest BCUT2D eigenvalue weighted by molar-refractivity contribution is 0.850. The number of benzene rings is 2. The summed E-state index contributed by atoms with van der Waals surface area (Å²) in [4.78, 5) is 0. The zero-order valence-corrected chi connectivity index (χ0v) is 11.8. The van der Waals surface area contributed by atoms with Crippen LogP contribution in [0.3, 0.4) is 0 Å². The molecular formula is C16H18ClN. The quantitative estimate of drug-likeness (QED) is 0.854. The Bertz CT molecular complexity index is 573. The summed E-state index contributed by atoms with van der Waals surface area (Å²) in [6.07, 6.45) is 0. The predicted molar refractivity (Wildman–Crippen MR) is 78.1 cm³/mol. The van der Waals surface area contributed by atoms with Gasteiger partial charge in [0.05, 0.1) is 6.04 Å². The second-order valence-electron chi connectivity index (χ2n) is 4.77. The van der Waals surface area contributed by atoms with Crippen molar-refractivity contribution in [2.75, 3.05) is 0 Å². The van der Waals surface area contributed by atoms with Gasteiger partial charge in [0.1, 0.15) is 0 Å². The van der Waals surface area contributed by atoms with Gasteiger partial charge < -0.3 is 5.73 Å². The van der Waals surface area contributed by atoms with Crippen LogP contribution in [-0.2, 0) is 0 Å². The van der Waals surface area contributed by atoms with Crippen LogP contribution >= 0.6 is 11.6 Å². The smallest absolute Gasteiger partial charge is 0.0557 e. The van der Waals surface area contributed by atoms with Crippen molar-refractivity contribution >= 4 is 11.6 Å². The zero-order valence-electron chi connectivity index (χ0n) is 11.0. The third kappa shape index (κ3) is 2.43. The molecule has 18 heavy (non-hydrogen) atoms. The number of hydrogen-bond donors (Lipinski definition) is 1. The van der Waals surface area contributed by atoms with Gasteiger partial charge in [-0.2, -0.15) is 0 Å². The molecule has 0 amide bonds. The third-order valence-electron chi connectivity index (χ3n) is 3.56. The molecule has 0 fully saturated rings. The highest BCUT2D eigenvalue weighted by Gasteiger charge is 2.14. The fraction of sp³-hybridized carbons (Fsp3) is 0.250. The van der Waals surface area contributed by atoms with E-state index in [0.717, 1.165) is 10.6 Å². The molecule has 2 rings (SSSR count). The van der Waals surface area contributed by atoms with Gasteiger partial charge in [-0.3, -0.25) is 0 Å². The Hall–Kier alpha value is -1.31. The molecule has 0 aliphatic rings. The summed E-state index contributed by atoms with van der Waals surface area (Å²) in [6.45, 7) is 6.29. The maximum atomic E-state index is 6.40. The van der Waals surface area contributed by atoms with E-state index >= 15 is 0 Å². The van der Waals surface area contributed by atoms with E-state index < -0.39 is 0 Å². The molecule has 0 heterocycles. The van der Waals surface area contributed by atoms with Crippen LogP contribution in [0.25, 0.3) is 0 Å². The van der Waals surface area contributed by atoms with Crippen LogP contribution < -0.4 is 5.73 Å². The Kier molecular flexibility index (Phi) is 3.74. The van der Waals surface area contributed by atoms with Gasteiger partial charge in [0.2, 0.25) is 0 Å². The van der Waals surface area contributed by atoms with Crippen molar-refractivity contribution in [3.05, 3.63) is 69.2 Å². The van der Waals surface area contributed by atoms with Crippen LogP contribution in [0.5, 0.6) is 0 Å². The Morgan fingerprint density at radius 1 is 0.944 bits per heavy atom. The largest absolute Gasteiger partial charge is 0.320 e. The first-order chi connectivity index (χ1) is 8.50. The number of halogens is 1. The number of aryl methyl sites for hydroxylation is 2. The molecule has 2 aromatic rings. The first-order valence-corrected chi connectivity index (χ1v) is 6.46. The van der Waals surface area contributed by atoms with Gasteiger partial charge in [-0.15, -0.1) is 0 Å². The van der Waals surface area contributed by atoms with Crippen LogP contribution in [0.1, 0.15) is 33.9 Å². The average molecular weight is 260 g/mol. The first-order valence-electron chi connectivity index (χ1n) is 6.08. The Labute approximate surface area is 114 Å². The maximum absolute atomic E-state index is 6.40. The molecule has 0 saturated heterocycles. The molecule has 0 spiro atoms. The van der Waals surface area contributed by atoms with Gasteiger partial charge in [-0.25, -0.2) is 0 Å². The lowest BCUT2D eigenvalue weighted by Gasteiger charge is -2.19. The van der Waals surface area contributed by atoms with Crippen LogP contribution in [0.2, 0.25) is 5.02 Å². The highest BCUT2D eigenvalue weighted by molar-refractivity contribution is 6.30. The van der Waals surface area contributed by atoms with Crippen LogP contribution in [0.15, 0.2) is 36.4 Å². The second kappa shape index (κ2) is 5.13. The Balaban J connectivity index is 2.51. The van der Waals surface area contributed by atoms with Crippen molar-refractivity contribution in [1.29, 1.82) is 0 Å². The van der Waals surface area contributed by atoms with Crippen LogP contribution in [0, 0.1) is 20.8 Å². The highest BCUT2D eigenvalue weighted by atomic mass is 35.5. The Morgan fingerprint density at radius 3 is 2.39 bits per heavy atom. The molecule has 0 saturated carbocycles. The summed E-state index contributed by atoms with van der Waals surface area (Å²) in [7, 11) is 0. The van der Waals surface area contributed by atoms with E-state index in [1.165, 1.54) is 22.3 Å². The Morgan fingerprint density at radius 2 is 1.67 bits per heavy atom. The molecule has 2 aromatic carbocycles. The fourth-order valence-electron chi connectivity index (χ4n) is 2.22. The molecule has 0 aromatic heterocycles. The topological polar surface area (TPSA) is 26.0 Å². The van der Waals surface area contributed by atoms with Gasteiger partial charge in [0.25, 0.3) is 0 Å². The van der Waals surface area contributed by atoms with E-state index in [-0.39, 0.29) is 6.04 Å². The lowest BCUT2D eigenvalue weighted by atomic mass is 9.91. The summed E-state index contributed by atoms with van der Waals surface area (Å²) in [5.41, 5.74) is 12.4. The van der Waals surface area contributed by atoms with Crippen molar-refractivity contribution in [2.24, 2.45) is 5.73 Å². The van der Waals surface area contributed by atoms with Crippen molar-refractivity contribution in [3.8, 4) is 0 Å². The van der Waals surface area contributed by atoms with E-state index in [4.69, 9.17) is 17.3 Å². The van der Waals surface area contributed by atoms with E-state index in [2.05, 4.69) is 39.0 Å². The number of nitrogens with two attached hydrogens (primary N) is 1. The summed E-state index contributed by atoms with van der Waals surface area (Å²) in [6, 6.07) is 12.0. The molecule has 1 atom stereocenters. The van der Waals surface area contributed by atoms with Gasteiger partial charge in [0.15, 0.2) is 0 Å². The zero-order chi connectivity index (χ0) is 13.3. The normalized spacial score (nSPS) is 12.5. The molecule has 1 unspecified atom stereocenters. The van der Waals surface area contributed by atoms with E-state index in [1.54, 1.807) is 0 Å². The lowest BCUT2D eigenvalue weighted by Crippen LogP contribution is -2.15. The standard InChI is InChI=1S/C16H18ClN/c1-10-5-4-6-14(12(10)3)16(18)15-9-13(17)8-7-11(15)2/h4-9,16H,18H2,1-3H3. The predicted octanol–water partition coefficient (Wildman–Crippen LogP) is 4.31. The minimum atomic E-state index is -0.122. The minimum Gasteiger partial charge on any atom is -0.320 e. The summed E-state index contributed by atoms with van der Waals surface area (Å²) < 4.78 is 0. The number of hydrogen-bond acceptors (Lipinski definition) is 1. The van der Waals surface area contributed by atoms with Gasteiger partial charge in [-0.05, 0) is 60.7 Å². The van der Waals surface area contributed by atoms with E-state index in [1.807, 2.05) is 18.2 Å². The fourth-order valence-corrected chi connectivity index (χ4v) is 2.41. The van der Waals surface area contributed by atoms with Crippen molar-refractivity contribution in [2.45, 2.75) is 26.8 Å². The molecular weight excluding hydrogens is 242 g/mol. The monoisotopic (exact) mass is 259 g/mol. The first kappa shape index (κ1) is 13.1. The van der Waals surface area contributed by atoms with Gasteiger partial charge in [-0.1, -0.05) is 35.9 Å². The van der Waals surface area contributed by atoms with Gasteiger partial charge >= 0.3 is 0 Å². The molecule has 0 aliphatic carbocycles. The van der Waals surface area contributed by atoms with Crippen LogP contribution in [-0.4, -0.2) is 0 Å². The molecule has 0 aliphatic heterocycles. The van der Waals surface area contributed by atoms with E-state index in [9.17, 15) is 0 Å². The van der Waals surface area contributed by atoms with Gasteiger partial charge in [0, 0.05) is 5.02 Å². The van der Waals surface area contributed by atoms with Crippen molar-refractivity contribution in [1.82, 2.24) is 0 Å². The maximum Gasteiger partial charge on any atom is 0.0557 e. The summed E-state index contributed by atoms with van der Waals surface area (Å²) in [5, 5.41) is 0.733.